The van der Waals surface area contributed by atoms with Gasteiger partial charge in [0.15, 0.2) is 5.60 Å². The van der Waals surface area contributed by atoms with Crippen molar-refractivity contribution >= 4 is 11.8 Å². The maximum absolute atomic E-state index is 11.4. The molecular weight excluding hydrogens is 328 g/mol. The first-order chi connectivity index (χ1) is 12.3. The number of para-hydroxylation sites is 1. The predicted molar refractivity (Wildman–Crippen MR) is 99.7 cm³/mol. The molecule has 0 unspecified atom stereocenters. The van der Waals surface area contributed by atoms with Crippen molar-refractivity contribution < 1.29 is 9.84 Å². The third kappa shape index (κ3) is 3.02. The number of rotatable bonds is 2. The summed E-state index contributed by atoms with van der Waals surface area (Å²) in [5, 5.41) is 11.4. The number of hydrogen-bond acceptors (Lipinski definition) is 3. The maximum Gasteiger partial charge on any atom is 0.179 e. The molecule has 3 aromatic carbocycles. The first-order valence-electron chi connectivity index (χ1n) is 8.04. The van der Waals surface area contributed by atoms with Crippen molar-refractivity contribution in [2.75, 3.05) is 6.61 Å². The third-order valence-electron chi connectivity index (χ3n) is 4.10. The lowest BCUT2D eigenvalue weighted by Gasteiger charge is -2.31. The molecule has 25 heavy (non-hydrogen) atoms. The van der Waals surface area contributed by atoms with Gasteiger partial charge >= 0.3 is 0 Å². The Kier molecular flexibility index (Phi) is 4.23. The van der Waals surface area contributed by atoms with Gasteiger partial charge in [-0.3, -0.25) is 0 Å². The highest BCUT2D eigenvalue weighted by Gasteiger charge is 2.37. The molecule has 2 nitrogen and oxygen atoms in total. The SMILES string of the molecule is OC1(C#CCOc2ccccc2)c2ccccc2Sc2ccccc21. The first-order valence-corrected chi connectivity index (χ1v) is 8.86. The molecule has 3 aromatic rings. The summed E-state index contributed by atoms with van der Waals surface area (Å²) in [4.78, 5) is 2.06. The van der Waals surface area contributed by atoms with Gasteiger partial charge in [-0.05, 0) is 24.3 Å². The van der Waals surface area contributed by atoms with Crippen LogP contribution in [0.4, 0.5) is 0 Å². The normalized spacial score (nSPS) is 13.8. The van der Waals surface area contributed by atoms with E-state index in [4.69, 9.17) is 4.74 Å². The summed E-state index contributed by atoms with van der Waals surface area (Å²) >= 11 is 1.66. The molecule has 0 saturated heterocycles. The van der Waals surface area contributed by atoms with Crippen molar-refractivity contribution in [3.05, 3.63) is 90.0 Å². The Morgan fingerprint density at radius 2 is 1.36 bits per heavy atom. The van der Waals surface area contributed by atoms with Crippen molar-refractivity contribution in [1.82, 2.24) is 0 Å². The van der Waals surface area contributed by atoms with Crippen LogP contribution in [0.1, 0.15) is 11.1 Å². The molecule has 0 aromatic heterocycles. The van der Waals surface area contributed by atoms with E-state index in [1.54, 1.807) is 11.8 Å². The van der Waals surface area contributed by atoms with Crippen molar-refractivity contribution in [2.45, 2.75) is 15.4 Å². The Hall–Kier alpha value is -2.67. The van der Waals surface area contributed by atoms with Crippen molar-refractivity contribution in [3.63, 3.8) is 0 Å². The molecule has 4 rings (SSSR count). The van der Waals surface area contributed by atoms with Crippen LogP contribution in [0.25, 0.3) is 0 Å². The second kappa shape index (κ2) is 6.68. The minimum atomic E-state index is -1.32. The van der Waals surface area contributed by atoms with Gasteiger partial charge in [0.2, 0.25) is 0 Å². The summed E-state index contributed by atoms with van der Waals surface area (Å²) in [5.74, 6) is 6.81. The van der Waals surface area contributed by atoms with E-state index in [9.17, 15) is 5.11 Å². The van der Waals surface area contributed by atoms with Gasteiger partial charge in [0.25, 0.3) is 0 Å². The lowest BCUT2D eigenvalue weighted by atomic mass is 9.86. The fourth-order valence-corrected chi connectivity index (χ4v) is 4.09. The van der Waals surface area contributed by atoms with Gasteiger partial charge in [-0.1, -0.05) is 78.2 Å². The van der Waals surface area contributed by atoms with E-state index in [2.05, 4.69) is 11.8 Å². The first kappa shape index (κ1) is 15.8. The lowest BCUT2D eigenvalue weighted by Crippen LogP contribution is -2.29. The number of ether oxygens (including phenoxy) is 1. The molecule has 3 heteroatoms. The molecule has 0 amide bonds. The van der Waals surface area contributed by atoms with Crippen molar-refractivity contribution in [3.8, 4) is 17.6 Å². The Morgan fingerprint density at radius 1 is 0.800 bits per heavy atom. The maximum atomic E-state index is 11.4. The standard InChI is InChI=1S/C22H16O2S/c23-22(15-8-16-24-17-9-2-1-3-10-17)18-11-4-6-13-20(18)25-21-14-7-5-12-19(21)22/h1-7,9-14,23H,16H2. The van der Waals surface area contributed by atoms with Crippen molar-refractivity contribution in [1.29, 1.82) is 0 Å². The molecule has 0 fully saturated rings. The molecule has 0 saturated carbocycles. The molecule has 0 radical (unpaired) electrons. The average molecular weight is 344 g/mol. The monoisotopic (exact) mass is 344 g/mol. The molecular formula is C22H16O2S. The fraction of sp³-hybridized carbons (Fsp3) is 0.0909. The van der Waals surface area contributed by atoms with Crippen LogP contribution in [0.5, 0.6) is 5.75 Å². The zero-order valence-electron chi connectivity index (χ0n) is 13.5. The summed E-state index contributed by atoms with van der Waals surface area (Å²) in [7, 11) is 0. The summed E-state index contributed by atoms with van der Waals surface area (Å²) < 4.78 is 5.63. The quantitative estimate of drug-likeness (QED) is 0.696. The Balaban J connectivity index is 1.67. The molecule has 0 atom stereocenters. The van der Waals surface area contributed by atoms with Gasteiger partial charge in [0.05, 0.1) is 0 Å². The highest BCUT2D eigenvalue weighted by atomic mass is 32.2. The van der Waals surface area contributed by atoms with Crippen LogP contribution in [-0.4, -0.2) is 11.7 Å². The van der Waals surface area contributed by atoms with Crippen LogP contribution in [-0.2, 0) is 5.60 Å². The Bertz CT molecular complexity index is 909. The van der Waals surface area contributed by atoms with E-state index in [1.165, 1.54) is 0 Å². The minimum Gasteiger partial charge on any atom is -0.481 e. The fourth-order valence-electron chi connectivity index (χ4n) is 2.91. The largest absolute Gasteiger partial charge is 0.481 e. The number of hydrogen-bond donors (Lipinski definition) is 1. The van der Waals surface area contributed by atoms with Crippen LogP contribution in [0.2, 0.25) is 0 Å². The summed E-state index contributed by atoms with van der Waals surface area (Å²) in [5.41, 5.74) is 0.329. The van der Waals surface area contributed by atoms with Gasteiger partial charge in [-0.25, -0.2) is 0 Å². The molecule has 0 spiro atoms. The number of aliphatic hydroxyl groups is 1. The van der Waals surface area contributed by atoms with Crippen LogP contribution in [0, 0.1) is 11.8 Å². The zero-order valence-corrected chi connectivity index (χ0v) is 14.3. The van der Waals surface area contributed by atoms with Gasteiger partial charge < -0.3 is 9.84 Å². The van der Waals surface area contributed by atoms with Gasteiger partial charge in [0.1, 0.15) is 12.4 Å². The zero-order chi connectivity index (χ0) is 17.1. The van der Waals surface area contributed by atoms with E-state index in [1.807, 2.05) is 78.9 Å². The van der Waals surface area contributed by atoms with E-state index in [0.717, 1.165) is 26.7 Å². The molecule has 1 aliphatic heterocycles. The van der Waals surface area contributed by atoms with E-state index >= 15 is 0 Å². The van der Waals surface area contributed by atoms with Crippen LogP contribution < -0.4 is 4.74 Å². The number of fused-ring (bicyclic) bond motifs is 2. The average Bonchev–Trinajstić information content (AvgIpc) is 2.67. The molecule has 122 valence electrons. The molecule has 1 aliphatic rings. The van der Waals surface area contributed by atoms with E-state index < -0.39 is 5.60 Å². The highest BCUT2D eigenvalue weighted by Crippen LogP contribution is 2.47. The molecule has 1 N–H and O–H groups in total. The van der Waals surface area contributed by atoms with Crippen molar-refractivity contribution in [2.24, 2.45) is 0 Å². The number of benzene rings is 3. The third-order valence-corrected chi connectivity index (χ3v) is 5.25. The lowest BCUT2D eigenvalue weighted by molar-refractivity contribution is 0.137. The molecule has 0 aliphatic carbocycles. The summed E-state index contributed by atoms with van der Waals surface area (Å²) in [6, 6.07) is 25.3. The van der Waals surface area contributed by atoms with Crippen LogP contribution in [0.15, 0.2) is 88.7 Å². The second-order valence-corrected chi connectivity index (χ2v) is 6.79. The highest BCUT2D eigenvalue weighted by molar-refractivity contribution is 7.99. The van der Waals surface area contributed by atoms with Gasteiger partial charge in [-0.15, -0.1) is 0 Å². The Labute approximate surface area is 151 Å². The van der Waals surface area contributed by atoms with Crippen LogP contribution in [0.3, 0.4) is 0 Å². The molecule has 0 bridgehead atoms. The predicted octanol–water partition coefficient (Wildman–Crippen LogP) is 4.47. The topological polar surface area (TPSA) is 29.5 Å². The smallest absolute Gasteiger partial charge is 0.179 e. The molecule has 1 heterocycles. The van der Waals surface area contributed by atoms with Gasteiger partial charge in [0, 0.05) is 20.9 Å². The Morgan fingerprint density at radius 3 is 2.00 bits per heavy atom. The second-order valence-electron chi connectivity index (χ2n) is 5.71. The van der Waals surface area contributed by atoms with Gasteiger partial charge in [-0.2, -0.15) is 0 Å². The summed E-state index contributed by atoms with van der Waals surface area (Å²) in [6.07, 6.45) is 0. The van der Waals surface area contributed by atoms with Crippen LogP contribution >= 0.6 is 11.8 Å². The van der Waals surface area contributed by atoms with E-state index in [-0.39, 0.29) is 6.61 Å². The summed E-state index contributed by atoms with van der Waals surface area (Å²) in [6.45, 7) is 0.226. The van der Waals surface area contributed by atoms with E-state index in [0.29, 0.717) is 0 Å². The minimum absolute atomic E-state index is 0.226.